The first-order valence-corrected chi connectivity index (χ1v) is 15.8. The summed E-state index contributed by atoms with van der Waals surface area (Å²) in [5.41, 5.74) is 1.36. The summed E-state index contributed by atoms with van der Waals surface area (Å²) >= 11 is 0. The van der Waals surface area contributed by atoms with Crippen molar-refractivity contribution in [1.29, 1.82) is 0 Å². The van der Waals surface area contributed by atoms with Crippen LogP contribution in [-0.4, -0.2) is 64.0 Å². The average molecular weight is 618 g/mol. The minimum atomic E-state index is -1.29. The van der Waals surface area contributed by atoms with Crippen molar-refractivity contribution >= 4 is 34.3 Å². The molecule has 0 spiro atoms. The van der Waals surface area contributed by atoms with Gasteiger partial charge in [-0.15, -0.1) is 0 Å². The van der Waals surface area contributed by atoms with E-state index in [4.69, 9.17) is 0 Å². The average Bonchev–Trinajstić information content (AvgIpc) is 3.44. The summed E-state index contributed by atoms with van der Waals surface area (Å²) < 4.78 is 13.8. The Morgan fingerprint density at radius 1 is 0.848 bits per heavy atom. The molecule has 46 heavy (non-hydrogen) atoms. The van der Waals surface area contributed by atoms with E-state index in [-0.39, 0.29) is 53.7 Å². The molecule has 2 saturated heterocycles. The fourth-order valence-electron chi connectivity index (χ4n) is 7.25. The van der Waals surface area contributed by atoms with Gasteiger partial charge in [-0.05, 0) is 76.6 Å². The Labute approximate surface area is 267 Å². The Balaban J connectivity index is 1.15. The molecule has 2 unspecified atom stereocenters. The van der Waals surface area contributed by atoms with Crippen molar-refractivity contribution in [1.82, 2.24) is 15.1 Å². The van der Waals surface area contributed by atoms with Crippen LogP contribution in [-0.2, 0) is 15.0 Å². The molecule has 7 rings (SSSR count). The van der Waals surface area contributed by atoms with E-state index < -0.39 is 17.6 Å². The maximum atomic E-state index is 14.5. The summed E-state index contributed by atoms with van der Waals surface area (Å²) in [5.74, 6) is -1.94. The highest BCUT2D eigenvalue weighted by Gasteiger charge is 2.65. The highest BCUT2D eigenvalue weighted by Crippen LogP contribution is 2.53. The van der Waals surface area contributed by atoms with Crippen LogP contribution in [0, 0.1) is 5.82 Å². The van der Waals surface area contributed by atoms with Gasteiger partial charge >= 0.3 is 0 Å². The van der Waals surface area contributed by atoms with Crippen LogP contribution in [0.1, 0.15) is 71.4 Å². The quantitative estimate of drug-likeness (QED) is 0.315. The smallest absolute Gasteiger partial charge is 0.254 e. The number of nitrogens with zero attached hydrogens (tertiary/aromatic N) is 2. The third kappa shape index (κ3) is 5.06. The number of carbonyl (C=O) groups excluding carboxylic acids is 4. The lowest BCUT2D eigenvalue weighted by atomic mass is 9.86. The van der Waals surface area contributed by atoms with Gasteiger partial charge in [-0.1, -0.05) is 75.4 Å². The monoisotopic (exact) mass is 617 g/mol. The number of halogens is 1. The third-order valence-corrected chi connectivity index (χ3v) is 9.91. The summed E-state index contributed by atoms with van der Waals surface area (Å²) in [6.07, 6.45) is 0.784. The summed E-state index contributed by atoms with van der Waals surface area (Å²) in [6, 6.07) is 25.4. The fraction of sp³-hybridized carbons (Fsp3) is 0.316. The predicted octanol–water partition coefficient (Wildman–Crippen LogP) is 5.63. The van der Waals surface area contributed by atoms with Gasteiger partial charge in [0.15, 0.2) is 5.78 Å². The first-order valence-electron chi connectivity index (χ1n) is 15.8. The molecule has 234 valence electrons. The lowest BCUT2D eigenvalue weighted by molar-refractivity contribution is -0.139. The van der Waals surface area contributed by atoms with E-state index in [1.165, 1.54) is 12.1 Å². The van der Waals surface area contributed by atoms with Gasteiger partial charge in [0.25, 0.3) is 11.8 Å². The van der Waals surface area contributed by atoms with Crippen LogP contribution in [0.15, 0.2) is 91.0 Å². The van der Waals surface area contributed by atoms with Crippen LogP contribution in [0.3, 0.4) is 0 Å². The number of ketones is 1. The Morgan fingerprint density at radius 2 is 1.52 bits per heavy atom. The largest absolute Gasteiger partial charge is 0.337 e. The summed E-state index contributed by atoms with van der Waals surface area (Å²) in [7, 11) is 0. The number of amides is 3. The highest BCUT2D eigenvalue weighted by molar-refractivity contribution is 6.06. The van der Waals surface area contributed by atoms with Crippen LogP contribution in [0.4, 0.5) is 4.39 Å². The number of likely N-dealkylation sites (tertiary alicyclic amines) is 2. The van der Waals surface area contributed by atoms with Crippen molar-refractivity contribution in [3.8, 4) is 0 Å². The van der Waals surface area contributed by atoms with Gasteiger partial charge in [-0.2, -0.15) is 0 Å². The lowest BCUT2D eigenvalue weighted by Crippen LogP contribution is -2.55. The van der Waals surface area contributed by atoms with E-state index in [1.807, 2.05) is 48.5 Å². The molecule has 1 saturated carbocycles. The summed E-state index contributed by atoms with van der Waals surface area (Å²) in [6.45, 7) is 6.49. The van der Waals surface area contributed by atoms with Gasteiger partial charge in [-0.25, -0.2) is 4.39 Å². The van der Waals surface area contributed by atoms with Crippen molar-refractivity contribution in [2.75, 3.05) is 13.1 Å². The van der Waals surface area contributed by atoms with Crippen LogP contribution in [0.5, 0.6) is 0 Å². The van der Waals surface area contributed by atoms with Crippen molar-refractivity contribution in [2.45, 2.75) is 62.6 Å². The second kappa shape index (κ2) is 10.9. The van der Waals surface area contributed by atoms with Crippen molar-refractivity contribution in [2.24, 2.45) is 0 Å². The zero-order chi connectivity index (χ0) is 32.4. The van der Waals surface area contributed by atoms with E-state index in [0.29, 0.717) is 24.0 Å². The lowest BCUT2D eigenvalue weighted by Gasteiger charge is -2.29. The minimum absolute atomic E-state index is 0.0777. The number of Topliss-reactive ketones (excluding diaryl/α,β-unsaturated/α-hetero) is 1. The Bertz CT molecular complexity index is 1880. The topological polar surface area (TPSA) is 86.8 Å². The van der Waals surface area contributed by atoms with Crippen LogP contribution >= 0.6 is 0 Å². The third-order valence-electron chi connectivity index (χ3n) is 9.91. The minimum Gasteiger partial charge on any atom is -0.337 e. The summed E-state index contributed by atoms with van der Waals surface area (Å²) in [4.78, 5) is 58.5. The zero-order valence-electron chi connectivity index (χ0n) is 26.1. The molecule has 1 aliphatic carbocycles. The molecule has 7 nitrogen and oxygen atoms in total. The Kier molecular flexibility index (Phi) is 7.07. The molecular weight excluding hydrogens is 581 g/mol. The van der Waals surface area contributed by atoms with Gasteiger partial charge in [0.05, 0.1) is 12.6 Å². The van der Waals surface area contributed by atoms with Gasteiger partial charge in [0.2, 0.25) is 5.91 Å². The van der Waals surface area contributed by atoms with Crippen molar-refractivity contribution < 1.29 is 23.6 Å². The van der Waals surface area contributed by atoms with Crippen molar-refractivity contribution in [3.05, 3.63) is 119 Å². The number of fused-ring (bicyclic) bond motifs is 2. The van der Waals surface area contributed by atoms with E-state index in [2.05, 4.69) is 26.1 Å². The number of benzene rings is 4. The molecule has 3 amide bonds. The molecule has 4 aromatic carbocycles. The first-order chi connectivity index (χ1) is 22.0. The number of hydrogen-bond acceptors (Lipinski definition) is 4. The number of hydrogen-bond donors (Lipinski definition) is 1. The molecule has 0 bridgehead atoms. The van der Waals surface area contributed by atoms with Gasteiger partial charge < -0.3 is 15.1 Å². The Hall–Kier alpha value is -4.85. The second-order valence-electron chi connectivity index (χ2n) is 13.8. The number of nitrogens with one attached hydrogen (secondary N) is 1. The van der Waals surface area contributed by atoms with E-state index in [1.54, 1.807) is 40.1 Å². The van der Waals surface area contributed by atoms with Crippen LogP contribution in [0.2, 0.25) is 0 Å². The zero-order valence-corrected chi connectivity index (χ0v) is 26.1. The van der Waals surface area contributed by atoms with E-state index in [9.17, 15) is 23.6 Å². The number of rotatable bonds is 5. The predicted molar refractivity (Wildman–Crippen MR) is 173 cm³/mol. The molecule has 0 aromatic heterocycles. The van der Waals surface area contributed by atoms with E-state index >= 15 is 0 Å². The fourth-order valence-corrected chi connectivity index (χ4v) is 7.25. The van der Waals surface area contributed by atoms with Gasteiger partial charge in [0, 0.05) is 23.6 Å². The van der Waals surface area contributed by atoms with Gasteiger partial charge in [0.1, 0.15) is 17.4 Å². The van der Waals surface area contributed by atoms with Crippen LogP contribution in [0.25, 0.3) is 10.8 Å². The highest BCUT2D eigenvalue weighted by atomic mass is 19.1. The van der Waals surface area contributed by atoms with Crippen LogP contribution < -0.4 is 5.32 Å². The molecule has 4 atom stereocenters. The molecule has 2 heterocycles. The standard InChI is InChI=1S/C38H36FN3O4/c1-37(2,3)28-14-10-25(11-15-28)34(44)40-38(21-30(38)24-12-16-29(39)17-13-24)36(46)41-19-18-31-33(41)32(43)22-42(31)35(45)27-9-8-23-6-4-5-7-26(23)20-27/h4-17,20,30-31,33H,18-19,21-22H2,1-3H3,(H,40,44)/t30?,31-,33+,38?/m1/s1. The van der Waals surface area contributed by atoms with E-state index in [0.717, 1.165) is 21.9 Å². The summed E-state index contributed by atoms with van der Waals surface area (Å²) in [5, 5.41) is 4.99. The number of carbonyl (C=O) groups is 4. The molecule has 3 aliphatic rings. The molecule has 0 radical (unpaired) electrons. The second-order valence-corrected chi connectivity index (χ2v) is 13.8. The normalized spacial score (nSPS) is 23.8. The molecule has 4 aromatic rings. The Morgan fingerprint density at radius 3 is 2.22 bits per heavy atom. The SMILES string of the molecule is CC(C)(C)c1ccc(C(=O)NC2(C(=O)N3CC[C@@H]4[C@H]3C(=O)CN4C(=O)c3ccc4ccccc4c3)CC2c2ccc(F)cc2)cc1. The van der Waals surface area contributed by atoms with Crippen molar-refractivity contribution in [3.63, 3.8) is 0 Å². The molecule has 8 heteroatoms. The maximum Gasteiger partial charge on any atom is 0.254 e. The van der Waals surface area contributed by atoms with Gasteiger partial charge in [-0.3, -0.25) is 19.2 Å². The first kappa shape index (κ1) is 29.8. The molecule has 3 fully saturated rings. The molecule has 2 aliphatic heterocycles. The molecule has 1 N–H and O–H groups in total. The maximum absolute atomic E-state index is 14.5. The molecular formula is C38H36FN3O4.